The Morgan fingerprint density at radius 2 is 1.62 bits per heavy atom. The van der Waals surface area contributed by atoms with E-state index < -0.39 is 11.9 Å². The lowest BCUT2D eigenvalue weighted by atomic mass is 10.4. The largest absolute Gasteiger partial charge is 0.344 e. The summed E-state index contributed by atoms with van der Waals surface area (Å²) in [5.74, 6) is -1.32. The Labute approximate surface area is 45.8 Å². The molecule has 0 aromatic heterocycles. The lowest BCUT2D eigenvalue weighted by Gasteiger charge is -1.81. The maximum absolute atomic E-state index is 11.4. The summed E-state index contributed by atoms with van der Waals surface area (Å²) in [4.78, 5) is 0. The zero-order chi connectivity index (χ0) is 5.86. The first-order valence-corrected chi connectivity index (χ1v) is 1.88. The van der Waals surface area contributed by atoms with Crippen LogP contribution in [0.15, 0.2) is 11.9 Å². The van der Waals surface area contributed by atoms with Crippen LogP contribution in [0.3, 0.4) is 0 Å². The van der Waals surface area contributed by atoms with Crippen LogP contribution in [0.1, 0.15) is 13.3 Å². The van der Waals surface area contributed by atoms with Crippen LogP contribution in [-0.2, 0) is 0 Å². The van der Waals surface area contributed by atoms with Crippen LogP contribution in [0.5, 0.6) is 0 Å². The Kier molecular flexibility index (Phi) is 6.08. The highest BCUT2D eigenvalue weighted by Crippen LogP contribution is 2.10. The van der Waals surface area contributed by atoms with Gasteiger partial charge in [0.1, 0.15) is 0 Å². The second kappa shape index (κ2) is 4.64. The van der Waals surface area contributed by atoms with Crippen LogP contribution in [0.2, 0.25) is 0 Å². The molecule has 8 heavy (non-hydrogen) atoms. The monoisotopic (exact) mass is 127 g/mol. The maximum Gasteiger partial charge on any atom is 0.301 e. The molecule has 50 valence electrons. The molecule has 3 N–H and O–H groups in total. The van der Waals surface area contributed by atoms with Gasteiger partial charge in [-0.1, -0.05) is 6.92 Å². The minimum Gasteiger partial charge on any atom is -0.344 e. The van der Waals surface area contributed by atoms with Gasteiger partial charge in [-0.15, -0.1) is 0 Å². The van der Waals surface area contributed by atoms with Crippen LogP contribution in [0.4, 0.5) is 13.2 Å². The van der Waals surface area contributed by atoms with E-state index in [0.717, 1.165) is 0 Å². The van der Waals surface area contributed by atoms with E-state index in [2.05, 4.69) is 0 Å². The molecule has 4 heteroatoms. The Bertz CT molecular complexity index is 85.3. The second-order valence-corrected chi connectivity index (χ2v) is 1.02. The third-order valence-corrected chi connectivity index (χ3v) is 0.515. The van der Waals surface area contributed by atoms with Gasteiger partial charge >= 0.3 is 6.08 Å². The molecule has 0 radical (unpaired) electrons. The molecule has 0 aliphatic rings. The maximum atomic E-state index is 11.4. The van der Waals surface area contributed by atoms with E-state index in [4.69, 9.17) is 0 Å². The fourth-order valence-electron chi connectivity index (χ4n) is 0.134. The smallest absolute Gasteiger partial charge is 0.301 e. The summed E-state index contributed by atoms with van der Waals surface area (Å²) in [5, 5.41) is 0. The number of halogens is 3. The van der Waals surface area contributed by atoms with Crippen LogP contribution in [0, 0.1) is 0 Å². The molecule has 0 fully saturated rings. The molecule has 0 saturated heterocycles. The molecule has 0 spiro atoms. The van der Waals surface area contributed by atoms with Crippen molar-refractivity contribution in [3.05, 3.63) is 11.9 Å². The Hall–Kier alpha value is -0.510. The van der Waals surface area contributed by atoms with Crippen LogP contribution >= 0.6 is 0 Å². The predicted octanol–water partition coefficient (Wildman–Crippen LogP) is 2.64. The molecule has 0 bridgehead atoms. The predicted molar refractivity (Wildman–Crippen MR) is 25.7 cm³/mol. The lowest BCUT2D eigenvalue weighted by Crippen LogP contribution is -1.68. The number of hydrogen-bond acceptors (Lipinski definition) is 1. The molecule has 0 aliphatic heterocycles. The molecule has 0 atom stereocenters. The highest BCUT2D eigenvalue weighted by molar-refractivity contribution is 4.89. The summed E-state index contributed by atoms with van der Waals surface area (Å²) in [6.45, 7) is 1.33. The third-order valence-electron chi connectivity index (χ3n) is 0.515. The molecule has 0 aromatic carbocycles. The van der Waals surface area contributed by atoms with E-state index in [1.807, 2.05) is 0 Å². The van der Waals surface area contributed by atoms with E-state index in [1.165, 1.54) is 6.92 Å². The highest BCUT2D eigenvalue weighted by atomic mass is 19.3. The average Bonchev–Trinajstić information content (AvgIpc) is 1.65. The van der Waals surface area contributed by atoms with E-state index >= 15 is 0 Å². The molecule has 0 rings (SSSR count). The Morgan fingerprint density at radius 1 is 1.25 bits per heavy atom. The minimum absolute atomic E-state index is 0. The molecule has 0 heterocycles. The fourth-order valence-corrected chi connectivity index (χ4v) is 0.134. The quantitative estimate of drug-likeness (QED) is 0.577. The summed E-state index contributed by atoms with van der Waals surface area (Å²) in [7, 11) is 0. The van der Waals surface area contributed by atoms with Gasteiger partial charge in [-0.05, 0) is 0 Å². The summed E-state index contributed by atoms with van der Waals surface area (Å²) in [5.41, 5.74) is 0. The van der Waals surface area contributed by atoms with E-state index in [9.17, 15) is 13.2 Å². The van der Waals surface area contributed by atoms with Gasteiger partial charge in [-0.25, -0.2) is 4.39 Å². The fraction of sp³-hybridized carbons (Fsp3) is 0.500. The van der Waals surface area contributed by atoms with Gasteiger partial charge in [0, 0.05) is 6.42 Å². The van der Waals surface area contributed by atoms with Gasteiger partial charge in [0.05, 0.1) is 0 Å². The molecular weight excluding hydrogens is 119 g/mol. The Morgan fingerprint density at radius 3 is 1.62 bits per heavy atom. The zero-order valence-electron chi connectivity index (χ0n) is 4.55. The van der Waals surface area contributed by atoms with Crippen molar-refractivity contribution in [1.82, 2.24) is 6.15 Å². The SMILES string of the molecule is CCC(F)=C(F)F.N. The second-order valence-electron chi connectivity index (χ2n) is 1.02. The van der Waals surface area contributed by atoms with E-state index in [-0.39, 0.29) is 12.6 Å². The highest BCUT2D eigenvalue weighted by Gasteiger charge is 1.98. The molecule has 0 unspecified atom stereocenters. The minimum atomic E-state index is -2.21. The summed E-state index contributed by atoms with van der Waals surface area (Å²) < 4.78 is 33.3. The molecule has 0 saturated carbocycles. The van der Waals surface area contributed by atoms with Gasteiger partial charge in [0.15, 0.2) is 5.83 Å². The lowest BCUT2D eigenvalue weighted by molar-refractivity contribution is 0.373. The van der Waals surface area contributed by atoms with Crippen LogP contribution in [-0.4, -0.2) is 0 Å². The molecular formula is C4H8F3N. The third kappa shape index (κ3) is 3.67. The first-order chi connectivity index (χ1) is 3.18. The number of allylic oxidation sites excluding steroid dienone is 1. The Balaban J connectivity index is 0. The zero-order valence-corrected chi connectivity index (χ0v) is 4.55. The van der Waals surface area contributed by atoms with Crippen molar-refractivity contribution >= 4 is 0 Å². The normalized spacial score (nSPS) is 7.50. The van der Waals surface area contributed by atoms with Crippen molar-refractivity contribution in [1.29, 1.82) is 0 Å². The van der Waals surface area contributed by atoms with Crippen LogP contribution < -0.4 is 6.15 Å². The van der Waals surface area contributed by atoms with Gasteiger partial charge in [0.2, 0.25) is 0 Å². The number of hydrogen-bond donors (Lipinski definition) is 1. The van der Waals surface area contributed by atoms with Crippen molar-refractivity contribution < 1.29 is 13.2 Å². The van der Waals surface area contributed by atoms with Crippen LogP contribution in [0.25, 0.3) is 0 Å². The van der Waals surface area contributed by atoms with Crippen molar-refractivity contribution in [3.8, 4) is 0 Å². The summed E-state index contributed by atoms with van der Waals surface area (Å²) in [6.07, 6.45) is -2.43. The summed E-state index contributed by atoms with van der Waals surface area (Å²) >= 11 is 0. The molecule has 0 aromatic rings. The standard InChI is InChI=1S/C4H5F3.H3N/c1-2-3(5)4(6)7;/h2H2,1H3;1H3. The van der Waals surface area contributed by atoms with Crippen molar-refractivity contribution in [3.63, 3.8) is 0 Å². The molecule has 0 amide bonds. The average molecular weight is 127 g/mol. The molecule has 1 nitrogen and oxygen atoms in total. The molecule has 0 aliphatic carbocycles. The van der Waals surface area contributed by atoms with E-state index in [1.54, 1.807) is 0 Å². The van der Waals surface area contributed by atoms with Gasteiger partial charge in [-0.2, -0.15) is 8.78 Å². The van der Waals surface area contributed by atoms with Crippen molar-refractivity contribution in [2.24, 2.45) is 0 Å². The summed E-state index contributed by atoms with van der Waals surface area (Å²) in [6, 6.07) is 0. The topological polar surface area (TPSA) is 35.0 Å². The number of rotatable bonds is 1. The first kappa shape index (κ1) is 10.5. The van der Waals surface area contributed by atoms with E-state index in [0.29, 0.717) is 0 Å². The van der Waals surface area contributed by atoms with Crippen molar-refractivity contribution in [2.75, 3.05) is 0 Å². The van der Waals surface area contributed by atoms with Gasteiger partial charge in [0.25, 0.3) is 0 Å². The van der Waals surface area contributed by atoms with Gasteiger partial charge in [-0.3, -0.25) is 0 Å². The first-order valence-electron chi connectivity index (χ1n) is 1.88. The van der Waals surface area contributed by atoms with Crippen molar-refractivity contribution in [2.45, 2.75) is 13.3 Å². The van der Waals surface area contributed by atoms with Gasteiger partial charge < -0.3 is 6.15 Å².